The van der Waals surface area contributed by atoms with Gasteiger partial charge in [0.2, 0.25) is 0 Å². The zero-order valence-electron chi connectivity index (χ0n) is 13.8. The maximum absolute atomic E-state index is 10.9. The van der Waals surface area contributed by atoms with Crippen LogP contribution in [-0.4, -0.2) is 32.3 Å². The minimum atomic E-state index is -0.950. The molecule has 0 bridgehead atoms. The lowest BCUT2D eigenvalue weighted by atomic mass is 10.0. The smallest absolute Gasteiger partial charge is 0.335 e. The number of hydrogen-bond donors (Lipinski definition) is 2. The molecular formula is C18H19N3O3. The van der Waals surface area contributed by atoms with Crippen molar-refractivity contribution < 1.29 is 14.7 Å². The summed E-state index contributed by atoms with van der Waals surface area (Å²) < 4.78 is 0. The number of carbonyl (C=O) groups excluding carboxylic acids is 1. The number of benzene rings is 1. The molecule has 0 saturated heterocycles. The van der Waals surface area contributed by atoms with Gasteiger partial charge in [-0.3, -0.25) is 4.98 Å². The van der Waals surface area contributed by atoms with Crippen LogP contribution in [-0.2, 0) is 4.79 Å². The molecule has 0 aliphatic rings. The average Bonchev–Trinajstić information content (AvgIpc) is 2.98. The van der Waals surface area contributed by atoms with E-state index in [1.54, 1.807) is 30.6 Å². The second kappa shape index (κ2) is 7.04. The molecule has 6 nitrogen and oxygen atoms in total. The Labute approximate surface area is 139 Å². The first-order chi connectivity index (χ1) is 11.3. The largest absolute Gasteiger partial charge is 0.478 e. The third-order valence-electron chi connectivity index (χ3n) is 3.02. The summed E-state index contributed by atoms with van der Waals surface area (Å²) in [6, 6.07) is 8.52. The lowest BCUT2D eigenvalue weighted by molar-refractivity contribution is -0.113. The average molecular weight is 325 g/mol. The second-order valence-electron chi connectivity index (χ2n) is 6.35. The van der Waals surface area contributed by atoms with Gasteiger partial charge in [0.15, 0.2) is 0 Å². The van der Waals surface area contributed by atoms with Crippen LogP contribution < -0.4 is 0 Å². The van der Waals surface area contributed by atoms with Crippen LogP contribution in [0.4, 0.5) is 0 Å². The summed E-state index contributed by atoms with van der Waals surface area (Å²) in [4.78, 5) is 32.2. The van der Waals surface area contributed by atoms with Gasteiger partial charge >= 0.3 is 5.97 Å². The molecule has 0 spiro atoms. The van der Waals surface area contributed by atoms with E-state index in [1.165, 1.54) is 0 Å². The van der Waals surface area contributed by atoms with Crippen LogP contribution in [0.1, 0.15) is 31.1 Å². The first-order valence-corrected chi connectivity index (χ1v) is 7.40. The van der Waals surface area contributed by atoms with Crippen molar-refractivity contribution in [2.45, 2.75) is 20.8 Å². The predicted molar refractivity (Wildman–Crippen MR) is 91.8 cm³/mol. The molecule has 0 fully saturated rings. The number of nitrogens with zero attached hydrogens (tertiary/aromatic N) is 2. The molecule has 0 aliphatic carbocycles. The summed E-state index contributed by atoms with van der Waals surface area (Å²) in [5.41, 5.74) is 2.40. The topological polar surface area (TPSA) is 95.9 Å². The number of carboxylic acid groups (broad SMARTS) is 1. The number of pyridine rings is 1. The predicted octanol–water partition coefficient (Wildman–Crippen LogP) is 3.55. The van der Waals surface area contributed by atoms with Gasteiger partial charge in [-0.2, -0.15) is 0 Å². The number of aromatic nitrogens is 3. The van der Waals surface area contributed by atoms with Crippen molar-refractivity contribution in [2.75, 3.05) is 0 Å². The van der Waals surface area contributed by atoms with Crippen LogP contribution in [0, 0.1) is 5.41 Å². The quantitative estimate of drug-likeness (QED) is 0.702. The molecule has 2 aromatic heterocycles. The number of aldehydes is 1. The molecule has 0 radical (unpaired) electrons. The number of aromatic amines is 1. The Bertz CT molecular complexity index is 849. The molecule has 0 aliphatic heterocycles. The van der Waals surface area contributed by atoms with Gasteiger partial charge in [0.25, 0.3) is 0 Å². The maximum atomic E-state index is 10.9. The molecule has 2 N–H and O–H groups in total. The number of aromatic carboxylic acids is 1. The molecule has 3 rings (SSSR count). The summed E-state index contributed by atoms with van der Waals surface area (Å²) in [7, 11) is 0. The molecule has 2 heterocycles. The molecule has 3 aromatic rings. The molecule has 124 valence electrons. The van der Waals surface area contributed by atoms with E-state index in [9.17, 15) is 9.59 Å². The van der Waals surface area contributed by atoms with Gasteiger partial charge < -0.3 is 14.9 Å². The summed E-state index contributed by atoms with van der Waals surface area (Å²) in [5, 5.41) is 8.92. The Morgan fingerprint density at radius 2 is 1.96 bits per heavy atom. The fourth-order valence-corrected chi connectivity index (χ4v) is 1.78. The molecule has 0 unspecified atom stereocenters. The van der Waals surface area contributed by atoms with Crippen LogP contribution in [0.15, 0.2) is 42.7 Å². The van der Waals surface area contributed by atoms with E-state index in [0.717, 1.165) is 17.4 Å². The molecular weight excluding hydrogens is 306 g/mol. The molecule has 6 heteroatoms. The number of H-pyrrole nitrogens is 1. The van der Waals surface area contributed by atoms with Crippen molar-refractivity contribution in [1.82, 2.24) is 15.0 Å². The van der Waals surface area contributed by atoms with Crippen molar-refractivity contribution in [3.8, 4) is 11.4 Å². The van der Waals surface area contributed by atoms with Gasteiger partial charge in [0.05, 0.1) is 16.6 Å². The number of rotatable bonds is 2. The summed E-state index contributed by atoms with van der Waals surface area (Å²) in [6.45, 7) is 5.62. The first kappa shape index (κ1) is 17.3. The summed E-state index contributed by atoms with van der Waals surface area (Å²) in [5.74, 6) is -0.268. The molecule has 0 saturated carbocycles. The summed E-state index contributed by atoms with van der Waals surface area (Å²) in [6.07, 6.45) is 4.33. The highest BCUT2D eigenvalue weighted by molar-refractivity contribution is 5.92. The molecule has 0 amide bonds. The second-order valence-corrected chi connectivity index (χ2v) is 6.35. The first-order valence-electron chi connectivity index (χ1n) is 7.40. The Balaban J connectivity index is 0.000000301. The van der Waals surface area contributed by atoms with Crippen LogP contribution in [0.25, 0.3) is 22.4 Å². The number of nitrogens with one attached hydrogen (secondary N) is 1. The minimum Gasteiger partial charge on any atom is -0.478 e. The van der Waals surface area contributed by atoms with Crippen molar-refractivity contribution >= 4 is 23.3 Å². The number of carbonyl (C=O) groups is 2. The standard InChI is InChI=1S/C13H9N3O2.C5H10O/c17-13(18)8-3-4-10-11(6-8)16-12(15-10)9-2-1-5-14-7-9;1-5(2,3)4-6/h1-7H,(H,15,16)(H,17,18);4H,1-3H3. The van der Waals surface area contributed by atoms with Gasteiger partial charge in [-0.25, -0.2) is 9.78 Å². The zero-order valence-corrected chi connectivity index (χ0v) is 13.8. The van der Waals surface area contributed by atoms with Gasteiger partial charge in [0.1, 0.15) is 12.1 Å². The lowest BCUT2D eigenvalue weighted by Crippen LogP contribution is -2.04. The molecule has 24 heavy (non-hydrogen) atoms. The van der Waals surface area contributed by atoms with E-state index in [2.05, 4.69) is 15.0 Å². The third kappa shape index (κ3) is 4.49. The van der Waals surface area contributed by atoms with E-state index in [0.29, 0.717) is 11.3 Å². The van der Waals surface area contributed by atoms with Gasteiger partial charge in [0, 0.05) is 23.4 Å². The van der Waals surface area contributed by atoms with E-state index in [4.69, 9.17) is 5.11 Å². The van der Waals surface area contributed by atoms with Gasteiger partial charge in [-0.1, -0.05) is 20.8 Å². The van der Waals surface area contributed by atoms with Crippen molar-refractivity contribution in [3.63, 3.8) is 0 Å². The zero-order chi connectivity index (χ0) is 17.7. The SMILES string of the molecule is CC(C)(C)C=O.O=C(O)c1ccc2nc(-c3cccnc3)[nH]c2c1. The monoisotopic (exact) mass is 325 g/mol. The third-order valence-corrected chi connectivity index (χ3v) is 3.02. The summed E-state index contributed by atoms with van der Waals surface area (Å²) >= 11 is 0. The van der Waals surface area contributed by atoms with Crippen molar-refractivity contribution in [3.05, 3.63) is 48.3 Å². The number of hydrogen-bond acceptors (Lipinski definition) is 4. The van der Waals surface area contributed by atoms with Crippen molar-refractivity contribution in [1.29, 1.82) is 0 Å². The maximum Gasteiger partial charge on any atom is 0.335 e. The molecule has 1 aromatic carbocycles. The van der Waals surface area contributed by atoms with Gasteiger partial charge in [-0.15, -0.1) is 0 Å². The Morgan fingerprint density at radius 3 is 2.50 bits per heavy atom. The van der Waals surface area contributed by atoms with Crippen molar-refractivity contribution in [2.24, 2.45) is 5.41 Å². The Hall–Kier alpha value is -3.02. The van der Waals surface area contributed by atoms with Crippen LogP contribution in [0.2, 0.25) is 0 Å². The highest BCUT2D eigenvalue weighted by Crippen LogP contribution is 2.20. The Morgan fingerprint density at radius 1 is 1.25 bits per heavy atom. The highest BCUT2D eigenvalue weighted by Gasteiger charge is 2.08. The molecule has 0 atom stereocenters. The van der Waals surface area contributed by atoms with Gasteiger partial charge in [-0.05, 0) is 30.3 Å². The van der Waals surface area contributed by atoms with Crippen LogP contribution in [0.5, 0.6) is 0 Å². The van der Waals surface area contributed by atoms with E-state index < -0.39 is 5.97 Å². The van der Waals surface area contributed by atoms with Crippen LogP contribution in [0.3, 0.4) is 0 Å². The van der Waals surface area contributed by atoms with E-state index in [-0.39, 0.29) is 11.0 Å². The fraction of sp³-hybridized carbons (Fsp3) is 0.222. The lowest BCUT2D eigenvalue weighted by Gasteiger charge is -2.03. The van der Waals surface area contributed by atoms with E-state index in [1.807, 2.05) is 32.9 Å². The highest BCUT2D eigenvalue weighted by atomic mass is 16.4. The Kier molecular flexibility index (Phi) is 5.08. The number of imidazole rings is 1. The van der Waals surface area contributed by atoms with Crippen LogP contribution >= 0.6 is 0 Å². The number of carboxylic acids is 1. The number of fused-ring (bicyclic) bond motifs is 1. The normalized spacial score (nSPS) is 10.8. The fourth-order valence-electron chi connectivity index (χ4n) is 1.78. The minimum absolute atomic E-state index is 0.139. The van der Waals surface area contributed by atoms with E-state index >= 15 is 0 Å².